The number of ketones is 1. The zero-order valence-corrected chi connectivity index (χ0v) is 15.1. The van der Waals surface area contributed by atoms with Crippen molar-refractivity contribution in [1.29, 1.82) is 0 Å². The molecule has 1 unspecified atom stereocenters. The van der Waals surface area contributed by atoms with Crippen molar-refractivity contribution in [1.82, 2.24) is 15.2 Å². The zero-order valence-electron chi connectivity index (χ0n) is 14.2. The number of carbonyl (C=O) groups is 1. The van der Waals surface area contributed by atoms with Crippen LogP contribution in [0.5, 0.6) is 0 Å². The van der Waals surface area contributed by atoms with E-state index in [2.05, 4.69) is 15.2 Å². The van der Waals surface area contributed by atoms with Crippen LogP contribution in [0.15, 0.2) is 76.5 Å². The van der Waals surface area contributed by atoms with Crippen LogP contribution in [0.3, 0.4) is 0 Å². The summed E-state index contributed by atoms with van der Waals surface area (Å²) in [7, 11) is -1.46. The van der Waals surface area contributed by atoms with Crippen LogP contribution in [0.4, 0.5) is 0 Å². The quantitative estimate of drug-likeness (QED) is 0.479. The third-order valence-corrected chi connectivity index (χ3v) is 5.18. The molecule has 0 aliphatic carbocycles. The number of rotatable bonds is 6. The summed E-state index contributed by atoms with van der Waals surface area (Å²) in [6.45, 7) is 0. The van der Waals surface area contributed by atoms with Gasteiger partial charge in [-0.25, -0.2) is 4.21 Å². The molecule has 4 rings (SSSR count). The predicted molar refractivity (Wildman–Crippen MR) is 101 cm³/mol. The lowest BCUT2D eigenvalue weighted by Gasteiger charge is -2.03. The minimum absolute atomic E-state index is 0.0256. The van der Waals surface area contributed by atoms with Crippen molar-refractivity contribution in [2.75, 3.05) is 0 Å². The Kier molecular flexibility index (Phi) is 4.84. The Morgan fingerprint density at radius 3 is 2.63 bits per heavy atom. The van der Waals surface area contributed by atoms with E-state index < -0.39 is 10.8 Å². The van der Waals surface area contributed by atoms with E-state index in [0.29, 0.717) is 11.1 Å². The average Bonchev–Trinajstić information content (AvgIpc) is 3.17. The van der Waals surface area contributed by atoms with Gasteiger partial charge in [0.15, 0.2) is 5.78 Å². The Balaban J connectivity index is 1.50. The van der Waals surface area contributed by atoms with Crippen molar-refractivity contribution in [2.45, 2.75) is 17.4 Å². The molecule has 0 saturated heterocycles. The fourth-order valence-electron chi connectivity index (χ4n) is 2.75. The average molecular weight is 377 g/mol. The normalized spacial score (nSPS) is 12.1. The van der Waals surface area contributed by atoms with Crippen LogP contribution < -0.4 is 0 Å². The van der Waals surface area contributed by atoms with Crippen LogP contribution in [-0.2, 0) is 23.0 Å². The van der Waals surface area contributed by atoms with Crippen molar-refractivity contribution in [3.8, 4) is 0 Å². The minimum Gasteiger partial charge on any atom is -0.414 e. The number of nitrogens with zero attached hydrogens (tertiary/aromatic N) is 3. The lowest BCUT2D eigenvalue weighted by molar-refractivity contribution is 0.0985. The van der Waals surface area contributed by atoms with Gasteiger partial charge in [-0.3, -0.25) is 9.78 Å². The fourth-order valence-corrected chi connectivity index (χ4v) is 3.69. The maximum absolute atomic E-state index is 12.7. The molecule has 0 aliphatic heterocycles. The summed E-state index contributed by atoms with van der Waals surface area (Å²) >= 11 is 0. The van der Waals surface area contributed by atoms with Gasteiger partial charge in [-0.1, -0.05) is 53.6 Å². The van der Waals surface area contributed by atoms with Crippen LogP contribution in [0, 0.1) is 0 Å². The second kappa shape index (κ2) is 7.59. The Bertz CT molecular complexity index is 1120. The van der Waals surface area contributed by atoms with Gasteiger partial charge in [-0.2, -0.15) is 0 Å². The number of pyridine rings is 1. The summed E-state index contributed by atoms with van der Waals surface area (Å²) in [6.07, 6.45) is 1.59. The lowest BCUT2D eigenvalue weighted by atomic mass is 10.0. The van der Waals surface area contributed by atoms with Gasteiger partial charge in [0.1, 0.15) is 10.8 Å². The molecule has 0 bridgehead atoms. The van der Waals surface area contributed by atoms with Crippen molar-refractivity contribution in [2.24, 2.45) is 0 Å². The smallest absolute Gasteiger partial charge is 0.307 e. The van der Waals surface area contributed by atoms with Crippen LogP contribution in [0.1, 0.15) is 21.8 Å². The van der Waals surface area contributed by atoms with Gasteiger partial charge in [0.05, 0.1) is 17.7 Å². The number of carbonyl (C=O) groups excluding carboxylic acids is 1. The highest BCUT2D eigenvalue weighted by Gasteiger charge is 2.18. The van der Waals surface area contributed by atoms with Gasteiger partial charge >= 0.3 is 5.22 Å². The number of hydrogen-bond donors (Lipinski definition) is 0. The molecule has 7 heteroatoms. The Labute approximate surface area is 157 Å². The Hall–Kier alpha value is -3.19. The molecule has 4 aromatic rings. The largest absolute Gasteiger partial charge is 0.414 e. The van der Waals surface area contributed by atoms with Gasteiger partial charge in [0, 0.05) is 17.1 Å². The van der Waals surface area contributed by atoms with E-state index in [1.165, 1.54) is 0 Å². The van der Waals surface area contributed by atoms with Gasteiger partial charge in [-0.05, 0) is 17.7 Å². The van der Waals surface area contributed by atoms with E-state index in [9.17, 15) is 9.00 Å². The summed E-state index contributed by atoms with van der Waals surface area (Å²) in [5, 5.41) is 8.62. The maximum atomic E-state index is 12.7. The predicted octanol–water partition coefficient (Wildman–Crippen LogP) is 3.35. The highest BCUT2D eigenvalue weighted by molar-refractivity contribution is 7.84. The van der Waals surface area contributed by atoms with E-state index in [0.717, 1.165) is 10.9 Å². The molecule has 0 amide bonds. The van der Waals surface area contributed by atoms with Crippen molar-refractivity contribution < 1.29 is 13.4 Å². The number of benzene rings is 2. The Morgan fingerprint density at radius 1 is 0.963 bits per heavy atom. The molecule has 0 spiro atoms. The highest BCUT2D eigenvalue weighted by atomic mass is 32.2. The molecule has 2 heterocycles. The molecular formula is C20H15N3O3S. The molecule has 2 aromatic heterocycles. The minimum atomic E-state index is -1.46. The summed E-state index contributed by atoms with van der Waals surface area (Å²) in [5.41, 5.74) is 2.05. The van der Waals surface area contributed by atoms with Crippen LogP contribution >= 0.6 is 0 Å². The van der Waals surface area contributed by atoms with Crippen LogP contribution in [0.25, 0.3) is 10.9 Å². The standard InChI is InChI=1S/C20H15N3O3S/c24-17(16-10-4-8-15-9-5-11-21-19(15)16)12-18-22-23-20(26-18)27(25)13-14-6-2-1-3-7-14/h1-11H,12-13H2. The first-order chi connectivity index (χ1) is 13.2. The van der Waals surface area contributed by atoms with E-state index in [1.807, 2.05) is 54.6 Å². The number of hydrogen-bond acceptors (Lipinski definition) is 6. The second-order valence-corrected chi connectivity index (χ2v) is 7.25. The summed E-state index contributed by atoms with van der Waals surface area (Å²) < 4.78 is 17.8. The molecule has 0 aliphatic rings. The van der Waals surface area contributed by atoms with Gasteiger partial charge in [0.2, 0.25) is 5.89 Å². The van der Waals surface area contributed by atoms with Crippen molar-refractivity contribution >= 4 is 27.5 Å². The molecule has 2 aromatic carbocycles. The van der Waals surface area contributed by atoms with Crippen LogP contribution in [0.2, 0.25) is 0 Å². The number of fused-ring (bicyclic) bond motifs is 1. The summed E-state index contributed by atoms with van der Waals surface area (Å²) in [4.78, 5) is 16.9. The molecule has 0 N–H and O–H groups in total. The number of para-hydroxylation sites is 1. The molecule has 6 nitrogen and oxygen atoms in total. The third kappa shape index (κ3) is 3.83. The van der Waals surface area contributed by atoms with E-state index in [1.54, 1.807) is 12.3 Å². The number of aromatic nitrogens is 3. The SMILES string of the molecule is O=C(Cc1nnc(S(=O)Cc2ccccc2)o1)c1cccc2cccnc12. The summed E-state index contributed by atoms with van der Waals surface area (Å²) in [5.74, 6) is 0.247. The maximum Gasteiger partial charge on any atom is 0.307 e. The second-order valence-electron chi connectivity index (χ2n) is 5.92. The molecule has 27 heavy (non-hydrogen) atoms. The topological polar surface area (TPSA) is 86.0 Å². The van der Waals surface area contributed by atoms with Crippen molar-refractivity contribution in [3.05, 3.63) is 83.9 Å². The first kappa shape index (κ1) is 17.2. The van der Waals surface area contributed by atoms with Crippen molar-refractivity contribution in [3.63, 3.8) is 0 Å². The monoisotopic (exact) mass is 377 g/mol. The molecule has 0 saturated carbocycles. The molecular weight excluding hydrogens is 362 g/mol. The summed E-state index contributed by atoms with van der Waals surface area (Å²) in [6, 6.07) is 18.6. The highest BCUT2D eigenvalue weighted by Crippen LogP contribution is 2.18. The Morgan fingerprint density at radius 2 is 1.78 bits per heavy atom. The van der Waals surface area contributed by atoms with Gasteiger partial charge < -0.3 is 4.42 Å². The fraction of sp³-hybridized carbons (Fsp3) is 0.100. The zero-order chi connectivity index (χ0) is 18.6. The van der Waals surface area contributed by atoms with Gasteiger partial charge in [-0.15, -0.1) is 5.10 Å². The molecule has 0 radical (unpaired) electrons. The molecule has 0 fully saturated rings. The van der Waals surface area contributed by atoms with Crippen LogP contribution in [-0.4, -0.2) is 25.2 Å². The van der Waals surface area contributed by atoms with E-state index in [4.69, 9.17) is 4.42 Å². The van der Waals surface area contributed by atoms with E-state index >= 15 is 0 Å². The lowest BCUT2D eigenvalue weighted by Crippen LogP contribution is -2.05. The molecule has 134 valence electrons. The first-order valence-corrected chi connectivity index (χ1v) is 9.64. The third-order valence-electron chi connectivity index (χ3n) is 4.03. The number of Topliss-reactive ketones (excluding diaryl/α,β-unsaturated/α-hetero) is 1. The van der Waals surface area contributed by atoms with Gasteiger partial charge in [0.25, 0.3) is 0 Å². The first-order valence-electron chi connectivity index (χ1n) is 8.32. The molecule has 1 atom stereocenters. The van der Waals surface area contributed by atoms with E-state index in [-0.39, 0.29) is 29.1 Å².